The third kappa shape index (κ3) is 5.57. The Morgan fingerprint density at radius 3 is 2.67 bits per heavy atom. The van der Waals surface area contributed by atoms with Crippen molar-refractivity contribution >= 4 is 17.2 Å². The van der Waals surface area contributed by atoms with Crippen LogP contribution in [0.15, 0.2) is 30.3 Å². The van der Waals surface area contributed by atoms with E-state index in [2.05, 4.69) is 0 Å². The Hall–Kier alpha value is -0.840. The van der Waals surface area contributed by atoms with Crippen molar-refractivity contribution in [3.63, 3.8) is 0 Å². The smallest absolute Gasteiger partial charge is 0.219 e. The molecule has 0 heterocycles. The minimum atomic E-state index is 0.0114. The lowest BCUT2D eigenvalue weighted by molar-refractivity contribution is -0.110. The van der Waals surface area contributed by atoms with E-state index in [1.807, 2.05) is 30.3 Å². The van der Waals surface area contributed by atoms with Crippen molar-refractivity contribution in [1.82, 2.24) is 0 Å². The Morgan fingerprint density at radius 1 is 1.27 bits per heavy atom. The van der Waals surface area contributed by atoms with Gasteiger partial charge in [0.15, 0.2) is 0 Å². The maximum absolute atomic E-state index is 11.4. The first-order valence-electron chi connectivity index (χ1n) is 4.68. The first-order valence-corrected chi connectivity index (χ1v) is 5.42. The molecule has 0 spiro atoms. The molecule has 1 aromatic rings. The molecule has 0 atom stereocenters. The van der Waals surface area contributed by atoms with Crippen molar-refractivity contribution in [3.05, 3.63) is 35.9 Å². The molecule has 82 valence electrons. The first-order chi connectivity index (χ1) is 7.33. The molecule has 0 saturated carbocycles. The molecule has 0 amide bonds. The fraction of sp³-hybridized carbons (Fsp3) is 0.364. The van der Waals surface area contributed by atoms with Crippen molar-refractivity contribution in [2.45, 2.75) is 6.42 Å². The zero-order valence-electron chi connectivity index (χ0n) is 8.64. The SMILES string of the molecule is COCCOSC(=O)Cc1ccccc1. The van der Waals surface area contributed by atoms with Crippen LogP contribution in [-0.4, -0.2) is 25.4 Å². The minimum Gasteiger partial charge on any atom is -0.382 e. The van der Waals surface area contributed by atoms with Gasteiger partial charge in [-0.15, -0.1) is 0 Å². The van der Waals surface area contributed by atoms with Crippen LogP contribution in [-0.2, 0) is 20.1 Å². The van der Waals surface area contributed by atoms with Crippen molar-refractivity contribution in [2.75, 3.05) is 20.3 Å². The van der Waals surface area contributed by atoms with E-state index in [4.69, 9.17) is 8.92 Å². The summed E-state index contributed by atoms with van der Waals surface area (Å²) in [4.78, 5) is 11.4. The number of hydrogen-bond donors (Lipinski definition) is 0. The summed E-state index contributed by atoms with van der Waals surface area (Å²) in [5, 5.41) is 0.0114. The van der Waals surface area contributed by atoms with E-state index in [1.165, 1.54) is 0 Å². The number of benzene rings is 1. The third-order valence-electron chi connectivity index (χ3n) is 1.71. The zero-order valence-corrected chi connectivity index (χ0v) is 9.46. The summed E-state index contributed by atoms with van der Waals surface area (Å²) in [6, 6.07) is 9.61. The van der Waals surface area contributed by atoms with Gasteiger partial charge < -0.3 is 8.92 Å². The summed E-state index contributed by atoms with van der Waals surface area (Å²) in [5.74, 6) is 0. The standard InChI is InChI=1S/C11H14O3S/c1-13-7-8-14-15-11(12)9-10-5-3-2-4-6-10/h2-6H,7-9H2,1H3. The summed E-state index contributed by atoms with van der Waals surface area (Å²) >= 11 is 0.892. The molecule has 3 nitrogen and oxygen atoms in total. The van der Waals surface area contributed by atoms with Crippen molar-refractivity contribution in [2.24, 2.45) is 0 Å². The molecule has 0 aliphatic rings. The summed E-state index contributed by atoms with van der Waals surface area (Å²) in [6.07, 6.45) is 0.401. The maximum Gasteiger partial charge on any atom is 0.219 e. The highest BCUT2D eigenvalue weighted by Gasteiger charge is 2.04. The van der Waals surface area contributed by atoms with Crippen molar-refractivity contribution in [1.29, 1.82) is 0 Å². The van der Waals surface area contributed by atoms with E-state index in [0.29, 0.717) is 19.6 Å². The molecule has 0 N–H and O–H groups in total. The van der Waals surface area contributed by atoms with Gasteiger partial charge in [0, 0.05) is 13.5 Å². The highest BCUT2D eigenvalue weighted by molar-refractivity contribution is 8.09. The lowest BCUT2D eigenvalue weighted by Crippen LogP contribution is -2.02. The van der Waals surface area contributed by atoms with Gasteiger partial charge in [-0.2, -0.15) is 0 Å². The molecule has 0 bridgehead atoms. The van der Waals surface area contributed by atoms with Crippen LogP contribution < -0.4 is 0 Å². The number of carbonyl (C=O) groups is 1. The van der Waals surface area contributed by atoms with Gasteiger partial charge in [-0.25, -0.2) is 0 Å². The third-order valence-corrected chi connectivity index (χ3v) is 2.33. The number of methoxy groups -OCH3 is 1. The summed E-state index contributed by atoms with van der Waals surface area (Å²) in [7, 11) is 1.60. The monoisotopic (exact) mass is 226 g/mol. The molecule has 15 heavy (non-hydrogen) atoms. The minimum absolute atomic E-state index is 0.0114. The second-order valence-corrected chi connectivity index (χ2v) is 3.79. The summed E-state index contributed by atoms with van der Waals surface area (Å²) in [6.45, 7) is 0.938. The van der Waals surface area contributed by atoms with E-state index < -0.39 is 0 Å². The summed E-state index contributed by atoms with van der Waals surface area (Å²) in [5.41, 5.74) is 1.00. The quantitative estimate of drug-likeness (QED) is 0.549. The van der Waals surface area contributed by atoms with Crippen LogP contribution in [0.25, 0.3) is 0 Å². The average Bonchev–Trinajstić information content (AvgIpc) is 2.26. The van der Waals surface area contributed by atoms with Crippen LogP contribution in [0.5, 0.6) is 0 Å². The molecule has 4 heteroatoms. The predicted molar refractivity (Wildman–Crippen MR) is 60.6 cm³/mol. The molecule has 0 aliphatic heterocycles. The van der Waals surface area contributed by atoms with Gasteiger partial charge in [0.2, 0.25) is 5.12 Å². The Balaban J connectivity index is 2.19. The van der Waals surface area contributed by atoms with Gasteiger partial charge in [-0.1, -0.05) is 30.3 Å². The Kier molecular flexibility index (Phi) is 6.08. The molecule has 1 rings (SSSR count). The second-order valence-electron chi connectivity index (χ2n) is 2.93. The second kappa shape index (κ2) is 7.45. The molecule has 0 radical (unpaired) electrons. The lowest BCUT2D eigenvalue weighted by atomic mass is 10.2. The molecule has 0 aliphatic carbocycles. The van der Waals surface area contributed by atoms with Gasteiger partial charge in [0.25, 0.3) is 0 Å². The van der Waals surface area contributed by atoms with Crippen LogP contribution in [0.3, 0.4) is 0 Å². The number of ether oxygens (including phenoxy) is 1. The Bertz CT molecular complexity index is 287. The highest BCUT2D eigenvalue weighted by Crippen LogP contribution is 2.09. The largest absolute Gasteiger partial charge is 0.382 e. The lowest BCUT2D eigenvalue weighted by Gasteiger charge is -2.01. The normalized spacial score (nSPS) is 10.2. The van der Waals surface area contributed by atoms with E-state index >= 15 is 0 Å². The van der Waals surface area contributed by atoms with Crippen LogP contribution in [0.1, 0.15) is 5.56 Å². The number of hydrogen-bond acceptors (Lipinski definition) is 4. The van der Waals surface area contributed by atoms with E-state index in [0.717, 1.165) is 17.6 Å². The fourth-order valence-electron chi connectivity index (χ4n) is 1.02. The van der Waals surface area contributed by atoms with E-state index in [9.17, 15) is 4.79 Å². The van der Waals surface area contributed by atoms with Crippen LogP contribution in [0, 0.1) is 0 Å². The number of rotatable bonds is 6. The van der Waals surface area contributed by atoms with Gasteiger partial charge >= 0.3 is 0 Å². The molecular weight excluding hydrogens is 212 g/mol. The molecule has 1 aromatic carbocycles. The Labute approximate surface area is 94.0 Å². The fourth-order valence-corrected chi connectivity index (χ4v) is 1.53. The van der Waals surface area contributed by atoms with E-state index in [1.54, 1.807) is 7.11 Å². The number of carbonyl (C=O) groups excluding carboxylic acids is 1. The molecule has 0 fully saturated rings. The Morgan fingerprint density at radius 2 is 2.00 bits per heavy atom. The molecular formula is C11H14O3S. The zero-order chi connectivity index (χ0) is 10.9. The maximum atomic E-state index is 11.4. The molecule has 0 aromatic heterocycles. The van der Waals surface area contributed by atoms with Crippen molar-refractivity contribution in [3.8, 4) is 0 Å². The average molecular weight is 226 g/mol. The molecule has 0 saturated heterocycles. The van der Waals surface area contributed by atoms with Gasteiger partial charge in [-0.05, 0) is 5.56 Å². The van der Waals surface area contributed by atoms with E-state index in [-0.39, 0.29) is 5.12 Å². The van der Waals surface area contributed by atoms with Gasteiger partial charge in [-0.3, -0.25) is 4.79 Å². The van der Waals surface area contributed by atoms with Crippen molar-refractivity contribution < 1.29 is 13.7 Å². The van der Waals surface area contributed by atoms with Crippen LogP contribution >= 0.6 is 12.0 Å². The van der Waals surface area contributed by atoms with Crippen LogP contribution in [0.2, 0.25) is 0 Å². The highest BCUT2D eigenvalue weighted by atomic mass is 32.2. The first kappa shape index (κ1) is 12.2. The predicted octanol–water partition coefficient (Wildman–Crippen LogP) is 2.07. The van der Waals surface area contributed by atoms with Gasteiger partial charge in [0.1, 0.15) is 0 Å². The van der Waals surface area contributed by atoms with Gasteiger partial charge in [0.05, 0.1) is 25.3 Å². The van der Waals surface area contributed by atoms with Crippen LogP contribution in [0.4, 0.5) is 0 Å². The summed E-state index contributed by atoms with van der Waals surface area (Å²) < 4.78 is 9.84. The topological polar surface area (TPSA) is 35.5 Å². The molecule has 0 unspecified atom stereocenters.